The van der Waals surface area contributed by atoms with Crippen LogP contribution in [0, 0.1) is 0 Å². The summed E-state index contributed by atoms with van der Waals surface area (Å²) in [5.41, 5.74) is 3.56. The van der Waals surface area contributed by atoms with Gasteiger partial charge in [0, 0.05) is 0 Å². The Balaban J connectivity index is 3.67. The molecule has 0 amide bonds. The van der Waals surface area contributed by atoms with Gasteiger partial charge in [-0.2, -0.15) is 4.79 Å². The largest absolute Gasteiger partial charge is 0.547 e. The van der Waals surface area contributed by atoms with E-state index in [-0.39, 0.29) is 0 Å². The minimum atomic E-state index is -1.46. The van der Waals surface area contributed by atoms with E-state index in [0.29, 0.717) is 0 Å². The van der Waals surface area contributed by atoms with Crippen molar-refractivity contribution in [3.8, 4) is 0 Å². The number of aliphatic hydroxyl groups excluding tert-OH is 4. The highest BCUT2D eigenvalue weighted by atomic mass is 16.9. The molecule has 4 unspecified atom stereocenters. The Morgan fingerprint density at radius 3 is 1.50 bits per heavy atom. The number of hydroxylamine groups is 2. The van der Waals surface area contributed by atoms with E-state index < -0.39 is 30.8 Å². The summed E-state index contributed by atoms with van der Waals surface area (Å²) in [4.78, 5) is 19.0. The molecule has 0 aromatic rings. The maximum atomic E-state index is 10.7. The normalized spacial score (nSPS) is 18.4. The van der Waals surface area contributed by atoms with Crippen LogP contribution in [-0.2, 0) is 9.68 Å². The standard InChI is InChI=1S/C7H16N2O7/c1-3(10)5(12)8-15-7(14)16-9-6(13)4(2)11/h3-6,8-13H,1-2H3. The highest BCUT2D eigenvalue weighted by Crippen LogP contribution is 1.90. The molecule has 0 rings (SSSR count). The number of carbonyl (C=O) groups is 1. The molecule has 0 radical (unpaired) electrons. The second-order valence-electron chi connectivity index (χ2n) is 3.06. The molecule has 0 aliphatic carbocycles. The van der Waals surface area contributed by atoms with Crippen molar-refractivity contribution in [2.75, 3.05) is 0 Å². The lowest BCUT2D eigenvalue weighted by atomic mass is 10.4. The molecule has 6 N–H and O–H groups in total. The molecule has 0 bridgehead atoms. The van der Waals surface area contributed by atoms with Gasteiger partial charge in [0.05, 0.1) is 12.2 Å². The van der Waals surface area contributed by atoms with E-state index in [1.165, 1.54) is 13.8 Å². The van der Waals surface area contributed by atoms with E-state index >= 15 is 0 Å². The van der Waals surface area contributed by atoms with Gasteiger partial charge in [0.1, 0.15) is 0 Å². The van der Waals surface area contributed by atoms with Gasteiger partial charge >= 0.3 is 6.16 Å². The van der Waals surface area contributed by atoms with Gasteiger partial charge in [0.15, 0.2) is 12.5 Å². The third kappa shape index (κ3) is 6.50. The van der Waals surface area contributed by atoms with E-state index in [0.717, 1.165) is 0 Å². The fourth-order valence-electron chi connectivity index (χ4n) is 0.435. The number of hydrogen-bond donors (Lipinski definition) is 6. The Bertz CT molecular complexity index is 191. The van der Waals surface area contributed by atoms with Crippen LogP contribution < -0.4 is 11.0 Å². The summed E-state index contributed by atoms with van der Waals surface area (Å²) in [6.07, 6.45) is -6.53. The van der Waals surface area contributed by atoms with Gasteiger partial charge in [0.2, 0.25) is 0 Å². The Labute approximate surface area is 91.5 Å². The Morgan fingerprint density at radius 1 is 0.938 bits per heavy atom. The van der Waals surface area contributed by atoms with Crippen molar-refractivity contribution in [3.05, 3.63) is 0 Å². The lowest BCUT2D eigenvalue weighted by molar-refractivity contribution is -0.121. The number of rotatable bonds is 6. The zero-order valence-electron chi connectivity index (χ0n) is 8.82. The van der Waals surface area contributed by atoms with Crippen molar-refractivity contribution >= 4 is 6.16 Å². The molecule has 0 saturated heterocycles. The van der Waals surface area contributed by atoms with E-state index in [4.69, 9.17) is 20.4 Å². The molecule has 0 aliphatic rings. The summed E-state index contributed by atoms with van der Waals surface area (Å²) < 4.78 is 0. The van der Waals surface area contributed by atoms with Crippen LogP contribution in [-0.4, -0.2) is 51.2 Å². The van der Waals surface area contributed by atoms with Crippen LogP contribution in [0.1, 0.15) is 13.8 Å². The number of nitrogens with one attached hydrogen (secondary N) is 2. The molecule has 4 atom stereocenters. The van der Waals surface area contributed by atoms with Crippen LogP contribution in [0.5, 0.6) is 0 Å². The van der Waals surface area contributed by atoms with E-state index in [9.17, 15) is 4.79 Å². The van der Waals surface area contributed by atoms with Gasteiger partial charge in [-0.15, -0.1) is 11.0 Å². The summed E-state index contributed by atoms with van der Waals surface area (Å²) in [7, 11) is 0. The third-order valence-corrected chi connectivity index (χ3v) is 1.44. The molecule has 16 heavy (non-hydrogen) atoms. The lowest BCUT2D eigenvalue weighted by Crippen LogP contribution is -2.43. The quantitative estimate of drug-likeness (QED) is 0.220. The van der Waals surface area contributed by atoms with E-state index in [1.807, 2.05) is 0 Å². The van der Waals surface area contributed by atoms with E-state index in [2.05, 4.69) is 9.68 Å². The zero-order valence-corrected chi connectivity index (χ0v) is 8.82. The van der Waals surface area contributed by atoms with Gasteiger partial charge in [-0.3, -0.25) is 0 Å². The maximum absolute atomic E-state index is 10.7. The second-order valence-corrected chi connectivity index (χ2v) is 3.06. The highest BCUT2D eigenvalue weighted by molar-refractivity contribution is 5.58. The molecule has 96 valence electrons. The number of aliphatic hydroxyl groups is 4. The van der Waals surface area contributed by atoms with Gasteiger partial charge in [-0.25, -0.2) is 0 Å². The summed E-state index contributed by atoms with van der Waals surface area (Å²) in [5.74, 6) is 0. The number of carbonyl (C=O) groups excluding carboxylic acids is 1. The van der Waals surface area contributed by atoms with Crippen molar-refractivity contribution in [3.63, 3.8) is 0 Å². The number of hydrogen-bond acceptors (Lipinski definition) is 9. The van der Waals surface area contributed by atoms with Crippen LogP contribution in [0.2, 0.25) is 0 Å². The molecule has 9 nitrogen and oxygen atoms in total. The first kappa shape index (κ1) is 15.0. The van der Waals surface area contributed by atoms with Crippen molar-refractivity contribution < 1.29 is 34.9 Å². The first-order chi connectivity index (χ1) is 7.34. The SMILES string of the molecule is CC(O)C(O)NOC(=O)ONC(O)C(C)O. The average Bonchev–Trinajstić information content (AvgIpc) is 2.21. The van der Waals surface area contributed by atoms with Crippen LogP contribution in [0.4, 0.5) is 4.79 Å². The van der Waals surface area contributed by atoms with Gasteiger partial charge in [0.25, 0.3) is 0 Å². The summed E-state index contributed by atoms with van der Waals surface area (Å²) in [6, 6.07) is 0. The first-order valence-electron chi connectivity index (χ1n) is 4.45. The first-order valence-corrected chi connectivity index (χ1v) is 4.45. The summed E-state index contributed by atoms with van der Waals surface area (Å²) in [6.45, 7) is 2.53. The van der Waals surface area contributed by atoms with Gasteiger partial charge in [-0.1, -0.05) is 0 Å². The van der Waals surface area contributed by atoms with Crippen LogP contribution >= 0.6 is 0 Å². The predicted molar refractivity (Wildman–Crippen MR) is 49.2 cm³/mol. The lowest BCUT2D eigenvalue weighted by Gasteiger charge is -2.16. The molecule has 0 fully saturated rings. The maximum Gasteiger partial charge on any atom is 0.547 e. The van der Waals surface area contributed by atoms with Crippen molar-refractivity contribution in [2.24, 2.45) is 0 Å². The smallest absolute Gasteiger partial charge is 0.389 e. The summed E-state index contributed by atoms with van der Waals surface area (Å²) >= 11 is 0. The van der Waals surface area contributed by atoms with Crippen LogP contribution in [0.3, 0.4) is 0 Å². The minimum absolute atomic E-state index is 1.15. The molecule has 0 spiro atoms. The second kappa shape index (κ2) is 7.33. The fourth-order valence-corrected chi connectivity index (χ4v) is 0.435. The Kier molecular flexibility index (Phi) is 6.88. The van der Waals surface area contributed by atoms with Crippen molar-refractivity contribution in [1.29, 1.82) is 0 Å². The molecule has 0 heterocycles. The molecule has 0 aliphatic heterocycles. The minimum Gasteiger partial charge on any atom is -0.389 e. The van der Waals surface area contributed by atoms with Gasteiger partial charge in [-0.05, 0) is 13.8 Å². The van der Waals surface area contributed by atoms with Crippen LogP contribution in [0.25, 0.3) is 0 Å². The Hall–Kier alpha value is -0.970. The molecular formula is C7H16N2O7. The van der Waals surface area contributed by atoms with Gasteiger partial charge < -0.3 is 30.1 Å². The highest BCUT2D eigenvalue weighted by Gasteiger charge is 2.16. The third-order valence-electron chi connectivity index (χ3n) is 1.44. The average molecular weight is 240 g/mol. The fraction of sp³-hybridized carbons (Fsp3) is 0.857. The van der Waals surface area contributed by atoms with Crippen molar-refractivity contribution in [1.82, 2.24) is 11.0 Å². The predicted octanol–water partition coefficient (Wildman–Crippen LogP) is -2.45. The molecular weight excluding hydrogens is 224 g/mol. The molecule has 0 aromatic heterocycles. The summed E-state index contributed by atoms with van der Waals surface area (Å²) in [5, 5.41) is 35.5. The molecule has 0 aromatic carbocycles. The zero-order chi connectivity index (χ0) is 12.7. The monoisotopic (exact) mass is 240 g/mol. The molecule has 9 heteroatoms. The van der Waals surface area contributed by atoms with Crippen LogP contribution in [0.15, 0.2) is 0 Å². The van der Waals surface area contributed by atoms with Crippen molar-refractivity contribution in [2.45, 2.75) is 38.5 Å². The molecule has 0 saturated carbocycles. The Morgan fingerprint density at radius 2 is 1.25 bits per heavy atom. The van der Waals surface area contributed by atoms with E-state index in [1.54, 1.807) is 11.0 Å². The topological polar surface area (TPSA) is 141 Å².